The van der Waals surface area contributed by atoms with Crippen LogP contribution in [-0.4, -0.2) is 19.2 Å². The zero-order chi connectivity index (χ0) is 17.3. The normalized spacial score (nSPS) is 12.5. The van der Waals surface area contributed by atoms with Crippen molar-refractivity contribution >= 4 is 26.5 Å². The lowest BCUT2D eigenvalue weighted by molar-refractivity contribution is 0.596. The first-order valence-corrected chi connectivity index (χ1v) is 9.55. The fraction of sp³-hybridized carbons (Fsp3) is 0.158. The van der Waals surface area contributed by atoms with Gasteiger partial charge in [0.05, 0.1) is 6.26 Å². The molecule has 3 aromatic rings. The van der Waals surface area contributed by atoms with Gasteiger partial charge in [-0.1, -0.05) is 48.5 Å². The molecule has 0 radical (unpaired) electrons. The summed E-state index contributed by atoms with van der Waals surface area (Å²) in [6.45, 7) is 2.05. The van der Waals surface area contributed by atoms with Gasteiger partial charge in [0, 0.05) is 41.0 Å². The molecular weight excluding hydrogens is 320 g/mol. The second-order valence-electron chi connectivity index (χ2n) is 5.85. The molecule has 0 fully saturated rings. The predicted octanol–water partition coefficient (Wildman–Crippen LogP) is 3.43. The van der Waals surface area contributed by atoms with E-state index in [-0.39, 0.29) is 0 Å². The summed E-state index contributed by atoms with van der Waals surface area (Å²) in [5.41, 5.74) is 5.06. The Morgan fingerprint density at radius 1 is 1.04 bits per heavy atom. The third-order valence-corrected chi connectivity index (χ3v) is 4.72. The molecule has 0 aliphatic carbocycles. The third-order valence-electron chi connectivity index (χ3n) is 4.17. The van der Waals surface area contributed by atoms with Crippen LogP contribution in [0, 0.1) is 6.92 Å². The Bertz CT molecular complexity index is 1020. The summed E-state index contributed by atoms with van der Waals surface area (Å²) in [5, 5.41) is 1.10. The molecule has 5 heteroatoms. The number of aromatic nitrogens is 1. The van der Waals surface area contributed by atoms with E-state index < -0.39 is 10.0 Å². The van der Waals surface area contributed by atoms with Crippen molar-refractivity contribution in [3.63, 3.8) is 0 Å². The van der Waals surface area contributed by atoms with E-state index >= 15 is 0 Å². The van der Waals surface area contributed by atoms with Gasteiger partial charge in [0.15, 0.2) is 0 Å². The maximum Gasteiger partial charge on any atom is 0.229 e. The lowest BCUT2D eigenvalue weighted by atomic mass is 9.96. The van der Waals surface area contributed by atoms with E-state index in [4.69, 9.17) is 0 Å². The monoisotopic (exact) mass is 340 g/mol. The van der Waals surface area contributed by atoms with Crippen LogP contribution in [0.15, 0.2) is 60.8 Å². The molecule has 3 rings (SSSR count). The van der Waals surface area contributed by atoms with Crippen LogP contribution in [0.4, 0.5) is 0 Å². The lowest BCUT2D eigenvalue weighted by Gasteiger charge is -2.10. The number of fused-ring (bicyclic) bond motifs is 1. The largest absolute Gasteiger partial charge is 0.347 e. The average molecular weight is 340 g/mol. The highest BCUT2D eigenvalue weighted by atomic mass is 32.2. The van der Waals surface area contributed by atoms with Crippen LogP contribution in [0.3, 0.4) is 0 Å². The molecule has 1 aromatic heterocycles. The summed E-state index contributed by atoms with van der Waals surface area (Å²) in [6, 6.07) is 17.9. The summed E-state index contributed by atoms with van der Waals surface area (Å²) in [4.78, 5) is 0. The number of nitrogens with one attached hydrogen (secondary N) is 1. The van der Waals surface area contributed by atoms with Gasteiger partial charge in [-0.25, -0.2) is 8.42 Å². The molecule has 0 atom stereocenters. The second-order valence-corrected chi connectivity index (χ2v) is 7.63. The van der Waals surface area contributed by atoms with Crippen LogP contribution in [0.25, 0.3) is 16.5 Å². The van der Waals surface area contributed by atoms with Gasteiger partial charge in [0.1, 0.15) is 0 Å². The number of hydrogen-bond donors (Lipinski definition) is 1. The number of benzene rings is 2. The van der Waals surface area contributed by atoms with Crippen molar-refractivity contribution in [3.05, 3.63) is 77.6 Å². The van der Waals surface area contributed by atoms with E-state index in [1.54, 1.807) is 6.20 Å². The number of hydrogen-bond acceptors (Lipinski definition) is 2. The Labute approximate surface area is 142 Å². The summed E-state index contributed by atoms with van der Waals surface area (Å²) >= 11 is 0. The zero-order valence-electron chi connectivity index (χ0n) is 13.9. The third kappa shape index (κ3) is 3.08. The van der Waals surface area contributed by atoms with E-state index in [0.29, 0.717) is 0 Å². The molecule has 0 saturated heterocycles. The van der Waals surface area contributed by atoms with Crippen LogP contribution in [0.2, 0.25) is 0 Å². The Hall–Kier alpha value is -2.53. The van der Waals surface area contributed by atoms with Gasteiger partial charge in [-0.3, -0.25) is 4.72 Å². The van der Waals surface area contributed by atoms with Crippen molar-refractivity contribution in [1.29, 1.82) is 0 Å². The van der Waals surface area contributed by atoms with E-state index in [2.05, 4.69) is 21.4 Å². The summed E-state index contributed by atoms with van der Waals surface area (Å²) in [7, 11) is -1.31. The molecule has 0 unspecified atom stereocenters. The van der Waals surface area contributed by atoms with Crippen LogP contribution in [0.5, 0.6) is 0 Å². The number of rotatable bonds is 4. The van der Waals surface area contributed by atoms with E-state index in [1.807, 2.05) is 56.4 Å². The number of para-hydroxylation sites is 1. The smallest absolute Gasteiger partial charge is 0.229 e. The number of aryl methyl sites for hydroxylation is 1. The summed E-state index contributed by atoms with van der Waals surface area (Å²) in [6.07, 6.45) is 2.74. The zero-order valence-corrected chi connectivity index (χ0v) is 14.8. The SMILES string of the molecule is Cc1c(/C(=C\NS(C)(=O)=O)c2ccccc2)c2ccccc2n1C. The standard InChI is InChI=1S/C19H20N2O2S/c1-14-19(16-11-7-8-12-18(16)21(14)2)17(13-20-24(3,22)23)15-9-5-4-6-10-15/h4-13,20H,1-3H3/b17-13-. The van der Waals surface area contributed by atoms with Gasteiger partial charge in [-0.05, 0) is 18.6 Å². The maximum atomic E-state index is 11.6. The minimum absolute atomic E-state index is 0.857. The first-order chi connectivity index (χ1) is 11.4. The predicted molar refractivity (Wildman–Crippen MR) is 99.2 cm³/mol. The van der Waals surface area contributed by atoms with Gasteiger partial charge in [0.25, 0.3) is 0 Å². The Morgan fingerprint density at radius 3 is 2.33 bits per heavy atom. The molecule has 0 amide bonds. The van der Waals surface area contributed by atoms with Gasteiger partial charge in [-0.15, -0.1) is 0 Å². The molecule has 2 aromatic carbocycles. The molecule has 4 nitrogen and oxygen atoms in total. The lowest BCUT2D eigenvalue weighted by Crippen LogP contribution is -2.16. The van der Waals surface area contributed by atoms with Crippen LogP contribution >= 0.6 is 0 Å². The maximum absolute atomic E-state index is 11.6. The molecular formula is C19H20N2O2S. The van der Waals surface area contributed by atoms with E-state index in [9.17, 15) is 8.42 Å². The average Bonchev–Trinajstić information content (AvgIpc) is 2.81. The molecule has 0 aliphatic heterocycles. The van der Waals surface area contributed by atoms with Crippen molar-refractivity contribution in [2.24, 2.45) is 7.05 Å². The minimum Gasteiger partial charge on any atom is -0.347 e. The van der Waals surface area contributed by atoms with Gasteiger partial charge in [0.2, 0.25) is 10.0 Å². The minimum atomic E-state index is -3.33. The molecule has 0 aliphatic rings. The molecule has 1 heterocycles. The second kappa shape index (κ2) is 6.17. The van der Waals surface area contributed by atoms with Crippen molar-refractivity contribution in [1.82, 2.24) is 9.29 Å². The summed E-state index contributed by atoms with van der Waals surface area (Å²) < 4.78 is 27.8. The van der Waals surface area contributed by atoms with Crippen molar-refractivity contribution in [2.45, 2.75) is 6.92 Å². The van der Waals surface area contributed by atoms with Crippen LogP contribution < -0.4 is 4.72 Å². The number of sulfonamides is 1. The molecule has 0 spiro atoms. The highest BCUT2D eigenvalue weighted by Gasteiger charge is 2.17. The fourth-order valence-electron chi connectivity index (χ4n) is 2.94. The Kier molecular flexibility index (Phi) is 4.20. The van der Waals surface area contributed by atoms with Crippen molar-refractivity contribution in [2.75, 3.05) is 6.26 Å². The molecule has 0 bridgehead atoms. The van der Waals surface area contributed by atoms with Crippen molar-refractivity contribution in [3.8, 4) is 0 Å². The topological polar surface area (TPSA) is 51.1 Å². The van der Waals surface area contributed by atoms with E-state index in [0.717, 1.165) is 39.6 Å². The van der Waals surface area contributed by atoms with Gasteiger partial charge < -0.3 is 4.57 Å². The Morgan fingerprint density at radius 2 is 1.67 bits per heavy atom. The van der Waals surface area contributed by atoms with Gasteiger partial charge >= 0.3 is 0 Å². The molecule has 24 heavy (non-hydrogen) atoms. The first-order valence-electron chi connectivity index (χ1n) is 7.66. The molecule has 124 valence electrons. The molecule has 0 saturated carbocycles. The number of nitrogens with zero attached hydrogens (tertiary/aromatic N) is 1. The molecule has 1 N–H and O–H groups in total. The summed E-state index contributed by atoms with van der Waals surface area (Å²) in [5.74, 6) is 0. The fourth-order valence-corrected chi connectivity index (χ4v) is 3.28. The van der Waals surface area contributed by atoms with Gasteiger partial charge in [-0.2, -0.15) is 0 Å². The quantitative estimate of drug-likeness (QED) is 0.791. The first kappa shape index (κ1) is 16.3. The van der Waals surface area contributed by atoms with Crippen LogP contribution in [-0.2, 0) is 17.1 Å². The highest BCUT2D eigenvalue weighted by molar-refractivity contribution is 7.88. The highest BCUT2D eigenvalue weighted by Crippen LogP contribution is 2.34. The Balaban J connectivity index is 2.30. The van der Waals surface area contributed by atoms with Crippen LogP contribution in [0.1, 0.15) is 16.8 Å². The van der Waals surface area contributed by atoms with E-state index in [1.165, 1.54) is 0 Å². The van der Waals surface area contributed by atoms with Crippen molar-refractivity contribution < 1.29 is 8.42 Å².